The van der Waals surface area contributed by atoms with Crippen molar-refractivity contribution in [3.63, 3.8) is 0 Å². The lowest BCUT2D eigenvalue weighted by Crippen LogP contribution is -2.44. The highest BCUT2D eigenvalue weighted by Gasteiger charge is 2.31. The quantitative estimate of drug-likeness (QED) is 0.544. The van der Waals surface area contributed by atoms with Gasteiger partial charge >= 0.3 is 6.03 Å². The Labute approximate surface area is 177 Å². The van der Waals surface area contributed by atoms with Gasteiger partial charge in [0.05, 0.1) is 15.9 Å². The largest absolute Gasteiger partial charge is 0.327 e. The first kappa shape index (κ1) is 20.3. The standard InChI is InChI=1S/C22H20N4O5/c27-22-23-20(15-7-11-18(12-8-15)26(30)31)19-4-2-1-3-16(21(19)24-22)13-14-5-9-17(10-6-14)25(28)29/h5-13,20H,1-4H2,(H2,23,24,27)/b16-13-. The number of nitro benzene ring substituents is 2. The van der Waals surface area contributed by atoms with Crippen molar-refractivity contribution < 1.29 is 14.6 Å². The maximum absolute atomic E-state index is 12.4. The summed E-state index contributed by atoms with van der Waals surface area (Å²) in [6, 6.07) is 11.8. The van der Waals surface area contributed by atoms with Crippen LogP contribution in [-0.4, -0.2) is 15.9 Å². The number of nitrogens with one attached hydrogen (secondary N) is 2. The van der Waals surface area contributed by atoms with Gasteiger partial charge in [0.15, 0.2) is 0 Å². The molecule has 9 nitrogen and oxygen atoms in total. The summed E-state index contributed by atoms with van der Waals surface area (Å²) in [4.78, 5) is 33.4. The topological polar surface area (TPSA) is 127 Å². The maximum Gasteiger partial charge on any atom is 0.319 e. The number of non-ortho nitro benzene ring substituents is 2. The molecule has 1 atom stereocenters. The van der Waals surface area contributed by atoms with Gasteiger partial charge in [0.1, 0.15) is 0 Å². The summed E-state index contributed by atoms with van der Waals surface area (Å²) in [7, 11) is 0. The van der Waals surface area contributed by atoms with E-state index in [9.17, 15) is 25.0 Å². The number of amides is 2. The summed E-state index contributed by atoms with van der Waals surface area (Å²) in [6.45, 7) is 0. The molecule has 2 N–H and O–H groups in total. The van der Waals surface area contributed by atoms with Gasteiger partial charge in [-0.3, -0.25) is 20.2 Å². The Balaban J connectivity index is 1.73. The number of rotatable bonds is 4. The Morgan fingerprint density at radius 2 is 1.45 bits per heavy atom. The average molecular weight is 420 g/mol. The molecule has 1 aliphatic carbocycles. The molecule has 0 spiro atoms. The minimum absolute atomic E-state index is 0.00200. The fourth-order valence-corrected chi connectivity index (χ4v) is 4.01. The van der Waals surface area contributed by atoms with Gasteiger partial charge in [-0.15, -0.1) is 0 Å². The normalized spacial score (nSPS) is 19.8. The van der Waals surface area contributed by atoms with Gasteiger partial charge in [-0.1, -0.05) is 0 Å². The van der Waals surface area contributed by atoms with Crippen molar-refractivity contribution >= 4 is 23.5 Å². The molecule has 2 aromatic carbocycles. The molecule has 2 aromatic rings. The third-order valence-electron chi connectivity index (χ3n) is 5.53. The Kier molecular flexibility index (Phi) is 5.48. The number of carbonyl (C=O) groups is 1. The molecule has 4 rings (SSSR count). The van der Waals surface area contributed by atoms with E-state index in [2.05, 4.69) is 10.6 Å². The van der Waals surface area contributed by atoms with Crippen molar-refractivity contribution in [2.75, 3.05) is 0 Å². The number of hydrogen-bond donors (Lipinski definition) is 2. The number of urea groups is 1. The zero-order chi connectivity index (χ0) is 22.0. The number of carbonyl (C=O) groups excluding carboxylic acids is 1. The van der Waals surface area contributed by atoms with Crippen LogP contribution in [0.15, 0.2) is 65.4 Å². The Morgan fingerprint density at radius 3 is 2.06 bits per heavy atom. The first-order valence-electron chi connectivity index (χ1n) is 9.92. The van der Waals surface area contributed by atoms with Crippen LogP contribution >= 0.6 is 0 Å². The van der Waals surface area contributed by atoms with E-state index < -0.39 is 9.85 Å². The average Bonchev–Trinajstić information content (AvgIpc) is 2.96. The SMILES string of the molecule is O=C1NC2=C(CCCC/C2=C/c2ccc([N+](=O)[O-])cc2)C(c2ccc([N+](=O)[O-])cc2)N1. The fourth-order valence-electron chi connectivity index (χ4n) is 4.01. The number of nitrogens with zero attached hydrogens (tertiary/aromatic N) is 2. The van der Waals surface area contributed by atoms with E-state index in [1.165, 1.54) is 24.3 Å². The highest BCUT2D eigenvalue weighted by Crippen LogP contribution is 2.38. The van der Waals surface area contributed by atoms with Gasteiger partial charge in [-0.2, -0.15) is 0 Å². The van der Waals surface area contributed by atoms with Crippen LogP contribution in [0.25, 0.3) is 6.08 Å². The molecule has 2 amide bonds. The van der Waals surface area contributed by atoms with Crippen LogP contribution in [0, 0.1) is 20.2 Å². The van der Waals surface area contributed by atoms with Crippen molar-refractivity contribution in [3.8, 4) is 0 Å². The first-order chi connectivity index (χ1) is 14.9. The Bertz CT molecular complexity index is 1100. The monoisotopic (exact) mass is 420 g/mol. The molecule has 2 aliphatic rings. The van der Waals surface area contributed by atoms with Gasteiger partial charge in [-0.05, 0) is 78.3 Å². The van der Waals surface area contributed by atoms with E-state index >= 15 is 0 Å². The molecule has 158 valence electrons. The van der Waals surface area contributed by atoms with Crippen molar-refractivity contribution in [1.82, 2.24) is 10.6 Å². The molecular weight excluding hydrogens is 400 g/mol. The summed E-state index contributed by atoms with van der Waals surface area (Å²) in [5, 5.41) is 27.7. The summed E-state index contributed by atoms with van der Waals surface area (Å²) in [6.07, 6.45) is 5.37. The minimum Gasteiger partial charge on any atom is -0.327 e. The second kappa shape index (κ2) is 8.39. The molecule has 0 saturated carbocycles. The lowest BCUT2D eigenvalue weighted by Gasteiger charge is -2.30. The first-order valence-corrected chi connectivity index (χ1v) is 9.92. The second-order valence-electron chi connectivity index (χ2n) is 7.51. The molecule has 0 fully saturated rings. The highest BCUT2D eigenvalue weighted by molar-refractivity contribution is 5.81. The smallest absolute Gasteiger partial charge is 0.319 e. The van der Waals surface area contributed by atoms with E-state index in [0.717, 1.165) is 53.7 Å². The van der Waals surface area contributed by atoms with E-state index in [0.29, 0.717) is 0 Å². The van der Waals surface area contributed by atoms with Crippen LogP contribution in [0.2, 0.25) is 0 Å². The van der Waals surface area contributed by atoms with Crippen LogP contribution in [0.3, 0.4) is 0 Å². The lowest BCUT2D eigenvalue weighted by molar-refractivity contribution is -0.385. The van der Waals surface area contributed by atoms with E-state index in [1.54, 1.807) is 24.3 Å². The van der Waals surface area contributed by atoms with E-state index in [-0.39, 0.29) is 23.4 Å². The van der Waals surface area contributed by atoms with Gasteiger partial charge in [-0.25, -0.2) is 4.79 Å². The van der Waals surface area contributed by atoms with Crippen LogP contribution in [0.5, 0.6) is 0 Å². The molecule has 0 aromatic heterocycles. The van der Waals surface area contributed by atoms with E-state index in [1.807, 2.05) is 6.08 Å². The number of allylic oxidation sites excluding steroid dienone is 1. The van der Waals surface area contributed by atoms with Crippen molar-refractivity contribution in [3.05, 3.63) is 96.7 Å². The molecule has 9 heteroatoms. The predicted molar refractivity (Wildman–Crippen MR) is 114 cm³/mol. The molecular formula is C22H20N4O5. The van der Waals surface area contributed by atoms with Crippen LogP contribution in [0.4, 0.5) is 16.2 Å². The predicted octanol–water partition coefficient (Wildman–Crippen LogP) is 4.77. The third kappa shape index (κ3) is 4.30. The second-order valence-corrected chi connectivity index (χ2v) is 7.51. The summed E-state index contributed by atoms with van der Waals surface area (Å²) < 4.78 is 0. The number of hydrogen-bond acceptors (Lipinski definition) is 5. The van der Waals surface area contributed by atoms with Gasteiger partial charge < -0.3 is 10.6 Å². The fraction of sp³-hybridized carbons (Fsp3) is 0.227. The summed E-state index contributed by atoms with van der Waals surface area (Å²) >= 11 is 0. The molecule has 0 radical (unpaired) electrons. The van der Waals surface area contributed by atoms with E-state index in [4.69, 9.17) is 0 Å². The van der Waals surface area contributed by atoms with Crippen LogP contribution in [-0.2, 0) is 0 Å². The molecule has 1 heterocycles. The van der Waals surface area contributed by atoms with Crippen LogP contribution in [0.1, 0.15) is 42.9 Å². The third-order valence-corrected chi connectivity index (χ3v) is 5.53. The highest BCUT2D eigenvalue weighted by atomic mass is 16.6. The van der Waals surface area contributed by atoms with Gasteiger partial charge in [0, 0.05) is 30.0 Å². The summed E-state index contributed by atoms with van der Waals surface area (Å²) in [5.41, 5.74) is 4.37. The van der Waals surface area contributed by atoms with Gasteiger partial charge in [0.25, 0.3) is 11.4 Å². The maximum atomic E-state index is 12.4. The number of benzene rings is 2. The Hall–Kier alpha value is -4.01. The Morgan fingerprint density at radius 1 is 0.871 bits per heavy atom. The van der Waals surface area contributed by atoms with Crippen molar-refractivity contribution in [2.45, 2.75) is 31.7 Å². The molecule has 0 saturated heterocycles. The zero-order valence-electron chi connectivity index (χ0n) is 16.5. The zero-order valence-corrected chi connectivity index (χ0v) is 16.5. The van der Waals surface area contributed by atoms with Crippen molar-refractivity contribution in [1.29, 1.82) is 0 Å². The number of nitro groups is 2. The van der Waals surface area contributed by atoms with Gasteiger partial charge in [0.2, 0.25) is 0 Å². The molecule has 31 heavy (non-hydrogen) atoms. The lowest BCUT2D eigenvalue weighted by atomic mass is 9.91. The molecule has 1 aliphatic heterocycles. The summed E-state index contributed by atoms with van der Waals surface area (Å²) in [5.74, 6) is 0. The van der Waals surface area contributed by atoms with Crippen molar-refractivity contribution in [2.24, 2.45) is 0 Å². The minimum atomic E-state index is -0.452. The molecule has 0 bridgehead atoms. The van der Waals surface area contributed by atoms with Crippen LogP contribution < -0.4 is 10.6 Å². The molecule has 1 unspecified atom stereocenters.